The molecule has 6 nitrogen and oxygen atoms in total. The van der Waals surface area contributed by atoms with E-state index in [1.807, 2.05) is 13.0 Å². The highest BCUT2D eigenvalue weighted by Crippen LogP contribution is 2.30. The Bertz CT molecular complexity index is 944. The van der Waals surface area contributed by atoms with Gasteiger partial charge in [-0.2, -0.15) is 0 Å². The van der Waals surface area contributed by atoms with Gasteiger partial charge < -0.3 is 10.1 Å². The Labute approximate surface area is 169 Å². The third-order valence-corrected chi connectivity index (χ3v) is 5.48. The molecule has 2 aromatic carbocycles. The van der Waals surface area contributed by atoms with Crippen LogP contribution in [-0.4, -0.2) is 33.7 Å². The van der Waals surface area contributed by atoms with E-state index in [0.29, 0.717) is 11.4 Å². The minimum atomic E-state index is -3.79. The normalized spacial score (nSPS) is 12.4. The summed E-state index contributed by atoms with van der Waals surface area (Å²) in [5.74, 6) is -0.0571. The molecule has 1 N–H and O–H groups in total. The van der Waals surface area contributed by atoms with Gasteiger partial charge in [-0.25, -0.2) is 8.42 Å². The lowest BCUT2D eigenvalue weighted by Crippen LogP contribution is -2.45. The molecule has 0 bridgehead atoms. The number of carbonyl (C=O) groups is 1. The summed E-state index contributed by atoms with van der Waals surface area (Å²) in [7, 11) is -2.30. The van der Waals surface area contributed by atoms with Crippen LogP contribution in [0, 0.1) is 6.92 Å². The lowest BCUT2D eigenvalue weighted by molar-refractivity contribution is -0.116. The molecule has 0 heterocycles. The summed E-state index contributed by atoms with van der Waals surface area (Å²) in [6.07, 6.45) is 1.01. The lowest BCUT2D eigenvalue weighted by Gasteiger charge is -2.28. The first kappa shape index (κ1) is 21.3. The fourth-order valence-corrected chi connectivity index (χ4v) is 4.31. The molecule has 27 heavy (non-hydrogen) atoms. The second-order valence-corrected chi connectivity index (χ2v) is 8.79. The monoisotopic (exact) mass is 430 g/mol. The van der Waals surface area contributed by atoms with Gasteiger partial charge in [-0.15, -0.1) is 0 Å². The molecule has 2 aromatic rings. The Balaban J connectivity index is 2.40. The van der Waals surface area contributed by atoms with Crippen LogP contribution < -0.4 is 14.4 Å². The zero-order valence-corrected chi connectivity index (χ0v) is 17.6. The van der Waals surface area contributed by atoms with Gasteiger partial charge in [-0.05, 0) is 49.7 Å². The average Bonchev–Trinajstić information content (AvgIpc) is 2.52. The maximum absolute atomic E-state index is 12.8. The van der Waals surface area contributed by atoms with E-state index in [0.717, 1.165) is 16.1 Å². The number of amides is 1. The molecule has 146 valence electrons. The molecule has 9 heteroatoms. The number of aryl methyl sites for hydroxylation is 1. The van der Waals surface area contributed by atoms with Crippen molar-refractivity contribution in [1.82, 2.24) is 0 Å². The Morgan fingerprint density at radius 1 is 1.15 bits per heavy atom. The molecular formula is C18H20Cl2N2O4S. The fraction of sp³-hybridized carbons (Fsp3) is 0.278. The SMILES string of the molecule is COc1ccc(C)cc1NC(=O)C(C)N(c1cc(Cl)cc(Cl)c1)S(C)(=O)=O. The molecule has 0 radical (unpaired) electrons. The highest BCUT2D eigenvalue weighted by Gasteiger charge is 2.30. The van der Waals surface area contributed by atoms with E-state index in [1.165, 1.54) is 32.2 Å². The fourth-order valence-electron chi connectivity index (χ4n) is 2.63. The molecule has 0 saturated carbocycles. The van der Waals surface area contributed by atoms with Crippen LogP contribution in [0.2, 0.25) is 10.0 Å². The largest absolute Gasteiger partial charge is 0.495 e. The van der Waals surface area contributed by atoms with Crippen LogP contribution in [-0.2, 0) is 14.8 Å². The molecule has 0 spiro atoms. The smallest absolute Gasteiger partial charge is 0.248 e. The number of ether oxygens (including phenoxy) is 1. The van der Waals surface area contributed by atoms with Crippen molar-refractivity contribution in [2.24, 2.45) is 0 Å². The van der Waals surface area contributed by atoms with Crippen molar-refractivity contribution in [3.05, 3.63) is 52.0 Å². The van der Waals surface area contributed by atoms with Crippen molar-refractivity contribution in [1.29, 1.82) is 0 Å². The Morgan fingerprint density at radius 2 is 1.74 bits per heavy atom. The second kappa shape index (κ2) is 8.37. The van der Waals surface area contributed by atoms with Crippen LogP contribution in [0.15, 0.2) is 36.4 Å². The molecule has 1 amide bonds. The van der Waals surface area contributed by atoms with Gasteiger partial charge in [-0.1, -0.05) is 29.3 Å². The van der Waals surface area contributed by atoms with Gasteiger partial charge in [0.15, 0.2) is 0 Å². The quantitative estimate of drug-likeness (QED) is 0.747. The Hall–Kier alpha value is -1.96. The summed E-state index contributed by atoms with van der Waals surface area (Å²) < 4.78 is 30.9. The molecular weight excluding hydrogens is 411 g/mol. The van der Waals surface area contributed by atoms with Crippen LogP contribution in [0.4, 0.5) is 11.4 Å². The van der Waals surface area contributed by atoms with Gasteiger partial charge in [-0.3, -0.25) is 9.10 Å². The van der Waals surface area contributed by atoms with Crippen molar-refractivity contribution < 1.29 is 17.9 Å². The first-order chi connectivity index (χ1) is 12.5. The van der Waals surface area contributed by atoms with Crippen molar-refractivity contribution in [3.63, 3.8) is 0 Å². The summed E-state index contributed by atoms with van der Waals surface area (Å²) in [6.45, 7) is 3.35. The van der Waals surface area contributed by atoms with Crippen molar-refractivity contribution in [3.8, 4) is 5.75 Å². The topological polar surface area (TPSA) is 75.7 Å². The van der Waals surface area contributed by atoms with Crippen LogP contribution >= 0.6 is 23.2 Å². The predicted octanol–water partition coefficient (Wildman–Crippen LogP) is 4.10. The van der Waals surface area contributed by atoms with Gasteiger partial charge in [0.1, 0.15) is 11.8 Å². The van der Waals surface area contributed by atoms with E-state index < -0.39 is 22.0 Å². The molecule has 1 unspecified atom stereocenters. The van der Waals surface area contributed by atoms with E-state index in [2.05, 4.69) is 5.32 Å². The van der Waals surface area contributed by atoms with Crippen molar-refractivity contribution in [2.45, 2.75) is 19.9 Å². The molecule has 0 aromatic heterocycles. The molecule has 0 saturated heterocycles. The highest BCUT2D eigenvalue weighted by atomic mass is 35.5. The number of carbonyl (C=O) groups excluding carboxylic acids is 1. The predicted molar refractivity (Wildman–Crippen MR) is 110 cm³/mol. The number of nitrogens with one attached hydrogen (secondary N) is 1. The molecule has 0 aliphatic carbocycles. The van der Waals surface area contributed by atoms with E-state index in [1.54, 1.807) is 12.1 Å². The van der Waals surface area contributed by atoms with Gasteiger partial charge in [0.2, 0.25) is 15.9 Å². The van der Waals surface area contributed by atoms with Gasteiger partial charge in [0.05, 0.1) is 24.7 Å². The van der Waals surface area contributed by atoms with Gasteiger partial charge >= 0.3 is 0 Å². The standard InChI is InChI=1S/C18H20Cl2N2O4S/c1-11-5-6-17(26-3)16(7-11)21-18(23)12(2)22(27(4,24)25)15-9-13(19)8-14(20)10-15/h5-10,12H,1-4H3,(H,21,23). The number of benzene rings is 2. The molecule has 0 aliphatic heterocycles. The van der Waals surface area contributed by atoms with Crippen molar-refractivity contribution in [2.75, 3.05) is 23.0 Å². The van der Waals surface area contributed by atoms with E-state index in [4.69, 9.17) is 27.9 Å². The van der Waals surface area contributed by atoms with Crippen LogP contribution in [0.3, 0.4) is 0 Å². The molecule has 0 fully saturated rings. The maximum Gasteiger partial charge on any atom is 0.248 e. The maximum atomic E-state index is 12.8. The zero-order valence-electron chi connectivity index (χ0n) is 15.3. The van der Waals surface area contributed by atoms with Gasteiger partial charge in [0.25, 0.3) is 0 Å². The summed E-state index contributed by atoms with van der Waals surface area (Å²) in [5, 5.41) is 3.24. The van der Waals surface area contributed by atoms with Crippen molar-refractivity contribution >= 4 is 50.5 Å². The number of rotatable bonds is 6. The summed E-state index contributed by atoms with van der Waals surface area (Å²) in [4.78, 5) is 12.8. The number of anilines is 2. The number of halogens is 2. The Morgan fingerprint density at radius 3 is 2.26 bits per heavy atom. The third kappa shape index (κ3) is 5.28. The number of hydrogen-bond donors (Lipinski definition) is 1. The van der Waals surface area contributed by atoms with E-state index in [-0.39, 0.29) is 15.7 Å². The number of methoxy groups -OCH3 is 1. The van der Waals surface area contributed by atoms with E-state index in [9.17, 15) is 13.2 Å². The summed E-state index contributed by atoms with van der Waals surface area (Å²) in [5.41, 5.74) is 1.57. The average molecular weight is 431 g/mol. The Kier molecular flexibility index (Phi) is 6.62. The van der Waals surface area contributed by atoms with Gasteiger partial charge in [0, 0.05) is 10.0 Å². The lowest BCUT2D eigenvalue weighted by atomic mass is 10.2. The van der Waals surface area contributed by atoms with Crippen LogP contribution in [0.5, 0.6) is 5.75 Å². The summed E-state index contributed by atoms with van der Waals surface area (Å²) >= 11 is 12.0. The molecule has 1 atom stereocenters. The second-order valence-electron chi connectivity index (χ2n) is 6.06. The van der Waals surface area contributed by atoms with E-state index >= 15 is 0 Å². The first-order valence-corrected chi connectivity index (χ1v) is 10.5. The highest BCUT2D eigenvalue weighted by molar-refractivity contribution is 7.92. The third-order valence-electron chi connectivity index (χ3n) is 3.80. The minimum Gasteiger partial charge on any atom is -0.495 e. The number of nitrogens with zero attached hydrogens (tertiary/aromatic N) is 1. The number of hydrogen-bond acceptors (Lipinski definition) is 4. The first-order valence-electron chi connectivity index (χ1n) is 7.94. The minimum absolute atomic E-state index is 0.203. The molecule has 2 rings (SSSR count). The number of sulfonamides is 1. The van der Waals surface area contributed by atoms with Crippen LogP contribution in [0.1, 0.15) is 12.5 Å². The zero-order chi connectivity index (χ0) is 20.4. The van der Waals surface area contributed by atoms with Crippen LogP contribution in [0.25, 0.3) is 0 Å². The molecule has 0 aliphatic rings. The summed E-state index contributed by atoms with van der Waals surface area (Å²) in [6, 6.07) is 8.60.